The van der Waals surface area contributed by atoms with E-state index >= 15 is 0 Å². The summed E-state index contributed by atoms with van der Waals surface area (Å²) in [5, 5.41) is 0. The summed E-state index contributed by atoms with van der Waals surface area (Å²) in [5.41, 5.74) is 9.42. The van der Waals surface area contributed by atoms with Crippen molar-refractivity contribution in [3.8, 4) is 0 Å². The zero-order valence-corrected chi connectivity index (χ0v) is 55.4. The summed E-state index contributed by atoms with van der Waals surface area (Å²) in [6.07, 6.45) is 12.2. The minimum Gasteiger partial charge on any atom is -1.00 e. The van der Waals surface area contributed by atoms with Gasteiger partial charge < -0.3 is 53.0 Å². The molecule has 20 heteroatoms. The Hall–Kier alpha value is 0.826. The Kier molecular flexibility index (Phi) is 30.4. The second-order valence-electron chi connectivity index (χ2n) is 20.6. The Labute approximate surface area is 509 Å². The van der Waals surface area contributed by atoms with E-state index in [0.717, 1.165) is 96.2 Å². The van der Waals surface area contributed by atoms with E-state index in [1.807, 2.05) is 98.2 Å². The smallest absolute Gasteiger partial charge is 1.00 e. The van der Waals surface area contributed by atoms with Crippen LogP contribution in [0.4, 0.5) is 0 Å². The Morgan fingerprint density at radius 3 is 1.34 bits per heavy atom. The molecule has 6 fully saturated rings. The molecular formula is C53H77Br3Cl2IMgN3O8S2. The summed E-state index contributed by atoms with van der Waals surface area (Å²) in [6.45, 7) is 20.0. The normalized spacial score (nSPS) is 24.2. The van der Waals surface area contributed by atoms with E-state index in [2.05, 4.69) is 116 Å². The minimum atomic E-state index is -1.14. The third-order valence-electron chi connectivity index (χ3n) is 12.9. The van der Waals surface area contributed by atoms with Crippen LogP contribution in [0, 0.1) is 9.99 Å². The molecule has 2 atom stereocenters. The molecule has 0 bridgehead atoms. The monoisotopic (exact) mass is 1410 g/mol. The molecule has 0 amide bonds. The molecule has 11 nitrogen and oxygen atoms in total. The van der Waals surface area contributed by atoms with Crippen LogP contribution >= 0.6 is 82.8 Å². The minimum absolute atomic E-state index is 0. The van der Waals surface area contributed by atoms with Gasteiger partial charge in [0.1, 0.15) is 11.0 Å². The maximum absolute atomic E-state index is 12.8. The van der Waals surface area contributed by atoms with Crippen LogP contribution in [0.2, 0.25) is 0 Å². The van der Waals surface area contributed by atoms with Gasteiger partial charge in [-0.05, 0) is 156 Å². The van der Waals surface area contributed by atoms with E-state index in [1.165, 1.54) is 14.7 Å². The molecule has 3 saturated carbocycles. The third-order valence-corrected chi connectivity index (χ3v) is 18.3. The Morgan fingerprint density at radius 2 is 0.973 bits per heavy atom. The van der Waals surface area contributed by atoms with Gasteiger partial charge in [0.05, 0.1) is 65.7 Å². The summed E-state index contributed by atoms with van der Waals surface area (Å²) in [7, 11) is -2.28. The number of hydrogen-bond acceptors (Lipinski definition) is 9. The zero-order valence-electron chi connectivity index (χ0n) is 43.8. The molecule has 3 N–H and O–H groups in total. The first-order valence-corrected chi connectivity index (χ1v) is 30.2. The number of benzene rings is 3. The number of halogens is 6. The third kappa shape index (κ3) is 21.3. The van der Waals surface area contributed by atoms with Gasteiger partial charge in [-0.2, -0.15) is 18.2 Å². The molecule has 73 heavy (non-hydrogen) atoms. The first-order valence-electron chi connectivity index (χ1n) is 24.5. The number of ether oxygens (including phenoxy) is 6. The molecule has 2 unspecified atom stereocenters. The Balaban J connectivity index is 0.000000337. The Bertz CT molecular complexity index is 2180. The fourth-order valence-corrected chi connectivity index (χ4v) is 12.7. The van der Waals surface area contributed by atoms with Gasteiger partial charge in [-0.3, -0.25) is 0 Å². The van der Waals surface area contributed by atoms with Gasteiger partial charge in [-0.1, -0.05) is 78.1 Å². The van der Waals surface area contributed by atoms with Crippen molar-refractivity contribution in [2.75, 3.05) is 39.6 Å². The zero-order chi connectivity index (χ0) is 51.3. The van der Waals surface area contributed by atoms with Crippen molar-refractivity contribution in [1.82, 2.24) is 4.72 Å². The molecule has 408 valence electrons. The van der Waals surface area contributed by atoms with Crippen LogP contribution in [0.1, 0.15) is 144 Å². The van der Waals surface area contributed by atoms with E-state index in [1.54, 1.807) is 0 Å². The molecule has 3 aromatic rings. The summed E-state index contributed by atoms with van der Waals surface area (Å²) < 4.78 is 71.0. The largest absolute Gasteiger partial charge is 2.00 e. The Morgan fingerprint density at radius 1 is 0.603 bits per heavy atom. The van der Waals surface area contributed by atoms with E-state index < -0.39 is 27.8 Å². The van der Waals surface area contributed by atoms with Crippen LogP contribution in [0.25, 0.3) is 0 Å². The molecule has 0 radical (unpaired) electrons. The topological polar surface area (TPSA) is 140 Å². The van der Waals surface area contributed by atoms with Crippen molar-refractivity contribution in [3.63, 3.8) is 0 Å². The fraction of sp³-hybridized carbons (Fsp3) is 0.623. The van der Waals surface area contributed by atoms with E-state index in [0.29, 0.717) is 39.6 Å². The fourth-order valence-electron chi connectivity index (χ4n) is 8.87. The summed E-state index contributed by atoms with van der Waals surface area (Å²) in [6, 6.07) is 24.8. The maximum Gasteiger partial charge on any atom is 2.00 e. The molecule has 3 aliphatic carbocycles. The van der Waals surface area contributed by atoms with Crippen LogP contribution in [0.3, 0.4) is 0 Å². The molecule has 9 rings (SSSR count). The van der Waals surface area contributed by atoms with Crippen LogP contribution < -0.4 is 22.9 Å². The number of hydrogen-bond donors (Lipinski definition) is 2. The van der Waals surface area contributed by atoms with Crippen molar-refractivity contribution in [2.45, 2.75) is 170 Å². The molecule has 3 heterocycles. The van der Waals surface area contributed by atoms with Crippen molar-refractivity contribution < 1.29 is 49.2 Å². The van der Waals surface area contributed by atoms with Crippen LogP contribution in [-0.4, -0.2) is 104 Å². The van der Waals surface area contributed by atoms with Crippen molar-refractivity contribution in [3.05, 3.63) is 107 Å². The first-order chi connectivity index (χ1) is 33.0. The molecular weight excluding hydrogens is 1330 g/mol. The maximum atomic E-state index is 12.8. The SMILES string of the molecule is Brc1cccc(I)c1.CC(C)(C)S(=O)N=C1CCC2(CC1)OCCO2.CC(C)(C)S(=O)NC1(c2cccc(Br)c2)CCC2(CC1)OCCO2.C[CH-]C.Cl.NC1(c2cccc(Br)c2)CCC2(CC1)OCCO2.[Cl-].[Mg+2]. The summed E-state index contributed by atoms with van der Waals surface area (Å²) in [5.74, 6) is -1.13. The number of rotatable bonds is 5. The average Bonchev–Trinajstić information content (AvgIpc) is 4.10. The van der Waals surface area contributed by atoms with Crippen LogP contribution in [0.5, 0.6) is 0 Å². The molecule has 0 aromatic heterocycles. The number of nitrogens with one attached hydrogen (secondary N) is 1. The predicted octanol–water partition coefficient (Wildman–Crippen LogP) is 10.5. The van der Waals surface area contributed by atoms with Gasteiger partial charge in [-0.15, -0.1) is 12.4 Å². The van der Waals surface area contributed by atoms with Crippen molar-refractivity contribution in [2.24, 2.45) is 10.1 Å². The first kappa shape index (κ1) is 69.9. The van der Waals surface area contributed by atoms with Gasteiger partial charge in [0.2, 0.25) is 0 Å². The van der Waals surface area contributed by atoms with Crippen molar-refractivity contribution in [1.29, 1.82) is 0 Å². The van der Waals surface area contributed by atoms with Gasteiger partial charge in [0, 0.05) is 66.8 Å². The number of nitrogens with zero attached hydrogens (tertiary/aromatic N) is 1. The molecule has 3 spiro atoms. The number of nitrogens with two attached hydrogens (primary N) is 1. The summed E-state index contributed by atoms with van der Waals surface area (Å²) >= 11 is 12.7. The molecule has 3 aromatic carbocycles. The summed E-state index contributed by atoms with van der Waals surface area (Å²) in [4.78, 5) is 0. The van der Waals surface area contributed by atoms with E-state index in [9.17, 15) is 8.42 Å². The van der Waals surface area contributed by atoms with Crippen LogP contribution in [0.15, 0.2) is 90.6 Å². The second kappa shape index (κ2) is 31.7. The van der Waals surface area contributed by atoms with Gasteiger partial charge in [0.15, 0.2) is 17.4 Å². The molecule has 3 aliphatic heterocycles. The predicted molar refractivity (Wildman–Crippen MR) is 317 cm³/mol. The second-order valence-corrected chi connectivity index (χ2v) is 28.5. The van der Waals surface area contributed by atoms with E-state index in [-0.39, 0.29) is 80.0 Å². The van der Waals surface area contributed by atoms with Gasteiger partial charge in [0.25, 0.3) is 0 Å². The molecule has 3 saturated heterocycles. The quantitative estimate of drug-likeness (QED) is 0.145. The van der Waals surface area contributed by atoms with Gasteiger partial charge >= 0.3 is 23.1 Å². The average molecular weight is 1410 g/mol. The standard InChI is InChI=1S/C18H26BrNO3S.C14H18BrNO2.C12H21NO3S.C6H4BrI.C3H7.2ClH.Mg/c1-16(2,3)24(21)20-17(14-5-4-6-15(19)13-14)7-9-18(10-8-17)22-11-12-23-18;15-12-3-1-2-11(10-12)13(16)4-6-14(7-5-13)17-8-9-18-14;1-11(2,3)17(14)13-10-4-6-12(7-5-10)15-8-9-16-12;7-5-2-1-3-6(8)4-5;1-3-2;;;/h4-6,13,20H,7-12H2,1-3H3;1-3,10H,4-9,16H2;4-9H2,1-3H3;1-4H;3H,1-2H3;2*1H;/q;;;;-1;;;+2/p-1. The van der Waals surface area contributed by atoms with E-state index in [4.69, 9.17) is 34.2 Å². The van der Waals surface area contributed by atoms with Crippen LogP contribution in [-0.2, 0) is 61.5 Å². The van der Waals surface area contributed by atoms with Gasteiger partial charge in [-0.25, -0.2) is 13.1 Å². The molecule has 6 aliphatic rings. The van der Waals surface area contributed by atoms with Crippen molar-refractivity contribution >= 4 is 134 Å².